The van der Waals surface area contributed by atoms with E-state index in [-0.39, 0.29) is 17.6 Å². The second-order valence-corrected chi connectivity index (χ2v) is 4.25. The van der Waals surface area contributed by atoms with Gasteiger partial charge in [-0.1, -0.05) is 18.2 Å². The van der Waals surface area contributed by atoms with E-state index in [1.165, 1.54) is 12.1 Å². The number of furan rings is 1. The average Bonchev–Trinajstić information content (AvgIpc) is 2.87. The van der Waals surface area contributed by atoms with Crippen LogP contribution in [-0.4, -0.2) is 18.1 Å². The summed E-state index contributed by atoms with van der Waals surface area (Å²) in [6.45, 7) is 1.82. The summed E-state index contributed by atoms with van der Waals surface area (Å²) < 4.78 is 18.9. The van der Waals surface area contributed by atoms with E-state index in [0.29, 0.717) is 11.4 Å². The Hall–Kier alpha value is -2.30. The molecule has 2 aromatic rings. The highest BCUT2D eigenvalue weighted by molar-refractivity contribution is 5.84. The summed E-state index contributed by atoms with van der Waals surface area (Å²) in [5, 5.41) is 8.81. The lowest BCUT2D eigenvalue weighted by molar-refractivity contribution is 0.0663. The summed E-state index contributed by atoms with van der Waals surface area (Å²) in [5.74, 6) is -1.18. The lowest BCUT2D eigenvalue weighted by Gasteiger charge is -2.25. The summed E-state index contributed by atoms with van der Waals surface area (Å²) >= 11 is 0. The third-order valence-electron chi connectivity index (χ3n) is 3.09. The molecule has 1 N–H and O–H groups in total. The Bertz CT molecular complexity index is 594. The van der Waals surface area contributed by atoms with Gasteiger partial charge < -0.3 is 14.4 Å². The van der Waals surface area contributed by atoms with Gasteiger partial charge in [0.15, 0.2) is 5.88 Å². The fraction of sp³-hybridized carbons (Fsp3) is 0.214. The van der Waals surface area contributed by atoms with Gasteiger partial charge in [-0.2, -0.15) is 0 Å². The molecule has 0 saturated heterocycles. The molecule has 0 aliphatic heterocycles. The van der Waals surface area contributed by atoms with Crippen molar-refractivity contribution in [3.63, 3.8) is 0 Å². The first-order valence-corrected chi connectivity index (χ1v) is 5.81. The minimum Gasteiger partial charge on any atom is -0.475 e. The Kier molecular flexibility index (Phi) is 3.55. The molecule has 0 saturated carbocycles. The molecular formula is C14H14FNO3. The van der Waals surface area contributed by atoms with Crippen LogP contribution in [0.15, 0.2) is 40.8 Å². The van der Waals surface area contributed by atoms with Crippen LogP contribution in [-0.2, 0) is 0 Å². The van der Waals surface area contributed by atoms with Crippen LogP contribution in [0.4, 0.5) is 10.3 Å². The maximum Gasteiger partial charge on any atom is 0.371 e. The second-order valence-electron chi connectivity index (χ2n) is 4.25. The Labute approximate surface area is 110 Å². The maximum absolute atomic E-state index is 13.7. The monoisotopic (exact) mass is 263 g/mol. The topological polar surface area (TPSA) is 53.7 Å². The summed E-state index contributed by atoms with van der Waals surface area (Å²) in [5.41, 5.74) is 0.526. The van der Waals surface area contributed by atoms with Gasteiger partial charge in [-0.05, 0) is 19.1 Å². The number of rotatable bonds is 4. The van der Waals surface area contributed by atoms with Gasteiger partial charge in [0.05, 0.1) is 6.04 Å². The first-order valence-electron chi connectivity index (χ1n) is 5.81. The largest absolute Gasteiger partial charge is 0.475 e. The van der Waals surface area contributed by atoms with Gasteiger partial charge in [-0.25, -0.2) is 9.18 Å². The van der Waals surface area contributed by atoms with Crippen molar-refractivity contribution in [1.82, 2.24) is 0 Å². The Morgan fingerprint density at radius 3 is 2.58 bits per heavy atom. The molecule has 0 aliphatic carbocycles. The van der Waals surface area contributed by atoms with E-state index < -0.39 is 5.97 Å². The van der Waals surface area contributed by atoms with Crippen LogP contribution in [0.2, 0.25) is 0 Å². The number of benzene rings is 1. The zero-order valence-corrected chi connectivity index (χ0v) is 10.6. The lowest BCUT2D eigenvalue weighted by atomic mass is 10.1. The van der Waals surface area contributed by atoms with Crippen molar-refractivity contribution in [2.45, 2.75) is 13.0 Å². The highest BCUT2D eigenvalue weighted by atomic mass is 19.1. The number of aromatic carboxylic acids is 1. The number of carboxylic acid groups (broad SMARTS) is 1. The minimum atomic E-state index is -1.13. The lowest BCUT2D eigenvalue weighted by Crippen LogP contribution is -2.22. The fourth-order valence-corrected chi connectivity index (χ4v) is 1.85. The third kappa shape index (κ3) is 2.59. The van der Waals surface area contributed by atoms with E-state index >= 15 is 0 Å². The van der Waals surface area contributed by atoms with Crippen molar-refractivity contribution in [2.75, 3.05) is 11.9 Å². The van der Waals surface area contributed by atoms with Gasteiger partial charge >= 0.3 is 5.97 Å². The molecule has 5 heteroatoms. The van der Waals surface area contributed by atoms with Crippen molar-refractivity contribution in [3.8, 4) is 0 Å². The molecule has 1 aromatic heterocycles. The van der Waals surface area contributed by atoms with E-state index in [1.807, 2.05) is 6.92 Å². The van der Waals surface area contributed by atoms with Gasteiger partial charge in [0.25, 0.3) is 0 Å². The molecule has 0 aliphatic rings. The first-order chi connectivity index (χ1) is 9.00. The van der Waals surface area contributed by atoms with Crippen LogP contribution >= 0.6 is 0 Å². The summed E-state index contributed by atoms with van der Waals surface area (Å²) in [7, 11) is 1.72. The van der Waals surface area contributed by atoms with E-state index in [2.05, 4.69) is 0 Å². The maximum atomic E-state index is 13.7. The number of carboxylic acids is 1. The van der Waals surface area contributed by atoms with Crippen LogP contribution in [0.3, 0.4) is 0 Å². The molecule has 0 amide bonds. The van der Waals surface area contributed by atoms with E-state index in [1.54, 1.807) is 36.2 Å². The van der Waals surface area contributed by atoms with Gasteiger partial charge in [-0.15, -0.1) is 0 Å². The summed E-state index contributed by atoms with van der Waals surface area (Å²) in [4.78, 5) is 12.4. The Balaban J connectivity index is 2.25. The van der Waals surface area contributed by atoms with Crippen molar-refractivity contribution in [3.05, 3.63) is 53.5 Å². The van der Waals surface area contributed by atoms with E-state index in [4.69, 9.17) is 9.52 Å². The van der Waals surface area contributed by atoms with Gasteiger partial charge in [-0.3, -0.25) is 0 Å². The smallest absolute Gasteiger partial charge is 0.371 e. The van der Waals surface area contributed by atoms with Crippen LogP contribution in [0.25, 0.3) is 0 Å². The molecule has 1 aromatic carbocycles. The van der Waals surface area contributed by atoms with Crippen LogP contribution < -0.4 is 4.90 Å². The van der Waals surface area contributed by atoms with Crippen LogP contribution in [0, 0.1) is 5.82 Å². The Morgan fingerprint density at radius 2 is 2.00 bits per heavy atom. The number of hydrogen-bond donors (Lipinski definition) is 1. The van der Waals surface area contributed by atoms with E-state index in [0.717, 1.165) is 0 Å². The number of anilines is 1. The normalized spacial score (nSPS) is 12.2. The zero-order chi connectivity index (χ0) is 14.0. The summed E-state index contributed by atoms with van der Waals surface area (Å²) in [6, 6.07) is 9.13. The molecular weight excluding hydrogens is 249 g/mol. The molecule has 19 heavy (non-hydrogen) atoms. The molecule has 0 fully saturated rings. The number of hydrogen-bond acceptors (Lipinski definition) is 3. The van der Waals surface area contributed by atoms with Gasteiger partial charge in [0.1, 0.15) is 5.82 Å². The number of nitrogens with zero attached hydrogens (tertiary/aromatic N) is 1. The minimum absolute atomic E-state index is 0.136. The standard InChI is InChI=1S/C14H14FNO3/c1-9(10-5-3-4-6-11(10)15)16(2)13-8-7-12(19-13)14(17)18/h3-9H,1-2H3,(H,17,18). The highest BCUT2D eigenvalue weighted by Crippen LogP contribution is 2.28. The Morgan fingerprint density at radius 1 is 1.32 bits per heavy atom. The zero-order valence-electron chi connectivity index (χ0n) is 10.6. The predicted molar refractivity (Wildman–Crippen MR) is 68.9 cm³/mol. The second kappa shape index (κ2) is 5.14. The molecule has 0 bridgehead atoms. The van der Waals surface area contributed by atoms with E-state index in [9.17, 15) is 9.18 Å². The molecule has 4 nitrogen and oxygen atoms in total. The number of carbonyl (C=O) groups is 1. The molecule has 0 spiro atoms. The summed E-state index contributed by atoms with van der Waals surface area (Å²) in [6.07, 6.45) is 0. The average molecular weight is 263 g/mol. The molecule has 2 rings (SSSR count). The predicted octanol–water partition coefficient (Wildman–Crippen LogP) is 3.31. The molecule has 0 radical (unpaired) electrons. The van der Waals surface area contributed by atoms with Crippen molar-refractivity contribution in [2.24, 2.45) is 0 Å². The SMILES string of the molecule is CC(c1ccccc1F)N(C)c1ccc(C(=O)O)o1. The molecule has 1 unspecified atom stereocenters. The van der Waals surface area contributed by atoms with Crippen molar-refractivity contribution >= 4 is 11.9 Å². The molecule has 1 atom stereocenters. The van der Waals surface area contributed by atoms with Gasteiger partial charge in [0.2, 0.25) is 5.76 Å². The molecule has 100 valence electrons. The van der Waals surface area contributed by atoms with Crippen LogP contribution in [0.1, 0.15) is 29.1 Å². The number of halogens is 1. The van der Waals surface area contributed by atoms with Crippen molar-refractivity contribution < 1.29 is 18.7 Å². The third-order valence-corrected chi connectivity index (χ3v) is 3.09. The fourth-order valence-electron chi connectivity index (χ4n) is 1.85. The highest BCUT2D eigenvalue weighted by Gasteiger charge is 2.19. The van der Waals surface area contributed by atoms with Crippen LogP contribution in [0.5, 0.6) is 0 Å². The molecule has 1 heterocycles. The van der Waals surface area contributed by atoms with Gasteiger partial charge in [0, 0.05) is 18.7 Å². The quantitative estimate of drug-likeness (QED) is 0.919. The van der Waals surface area contributed by atoms with Crippen molar-refractivity contribution in [1.29, 1.82) is 0 Å². The first kappa shape index (κ1) is 13.1.